The van der Waals surface area contributed by atoms with E-state index in [-0.39, 0.29) is 18.5 Å². The summed E-state index contributed by atoms with van der Waals surface area (Å²) < 4.78 is 5.49. The number of hydrogen-bond donors (Lipinski definition) is 3. The van der Waals surface area contributed by atoms with Gasteiger partial charge in [-0.05, 0) is 57.8 Å². The highest BCUT2D eigenvalue weighted by Crippen LogP contribution is 2.18. The van der Waals surface area contributed by atoms with E-state index >= 15 is 0 Å². The van der Waals surface area contributed by atoms with Crippen LogP contribution in [0.15, 0.2) is 24.3 Å². The van der Waals surface area contributed by atoms with E-state index in [0.717, 1.165) is 38.5 Å². The molecule has 0 aromatic heterocycles. The van der Waals surface area contributed by atoms with E-state index in [0.29, 0.717) is 19.4 Å². The first-order valence-corrected chi connectivity index (χ1v) is 33.1. The standard InChI is InChI=1S/C67H129NO5/c1-3-5-7-9-11-13-15-17-31-35-39-43-47-51-55-59-65(70)64(63-69)68-66(71)60-56-52-48-44-40-36-33-29-27-25-23-21-19-20-22-24-26-28-30-34-38-42-46-50-54-58-62-73-67(72)61-57-53-49-45-41-37-32-18-16-14-12-10-8-6-4-2/h19,21,55,59,64-65,69-70H,3-18,20,22-54,56-58,60-63H2,1-2H3,(H,68,71)/b21-19-,59-55+. The van der Waals surface area contributed by atoms with E-state index in [4.69, 9.17) is 4.74 Å². The maximum Gasteiger partial charge on any atom is 0.305 e. The predicted molar refractivity (Wildman–Crippen MR) is 320 cm³/mol. The predicted octanol–water partition coefficient (Wildman–Crippen LogP) is 21.0. The number of unbranched alkanes of at least 4 members (excludes halogenated alkanes) is 49. The van der Waals surface area contributed by atoms with E-state index in [2.05, 4.69) is 31.3 Å². The smallest absolute Gasteiger partial charge is 0.305 e. The van der Waals surface area contributed by atoms with Crippen LogP contribution in [0.1, 0.15) is 367 Å². The fraction of sp³-hybridized carbons (Fsp3) is 0.910. The molecule has 0 aliphatic rings. The van der Waals surface area contributed by atoms with E-state index in [1.807, 2.05) is 6.08 Å². The normalized spacial score (nSPS) is 12.7. The molecule has 73 heavy (non-hydrogen) atoms. The van der Waals surface area contributed by atoms with Crippen molar-refractivity contribution in [2.75, 3.05) is 13.2 Å². The lowest BCUT2D eigenvalue weighted by molar-refractivity contribution is -0.143. The molecule has 1 amide bonds. The third-order valence-corrected chi connectivity index (χ3v) is 15.5. The summed E-state index contributed by atoms with van der Waals surface area (Å²) in [7, 11) is 0. The van der Waals surface area contributed by atoms with Gasteiger partial charge in [-0.15, -0.1) is 0 Å². The van der Waals surface area contributed by atoms with Crippen molar-refractivity contribution in [3.05, 3.63) is 24.3 Å². The number of rotatable bonds is 62. The van der Waals surface area contributed by atoms with Crippen molar-refractivity contribution in [3.8, 4) is 0 Å². The number of amides is 1. The van der Waals surface area contributed by atoms with Gasteiger partial charge < -0.3 is 20.3 Å². The summed E-state index contributed by atoms with van der Waals surface area (Å²) in [6, 6.07) is -0.629. The highest BCUT2D eigenvalue weighted by molar-refractivity contribution is 5.76. The molecular formula is C67H129NO5. The first-order valence-electron chi connectivity index (χ1n) is 33.1. The van der Waals surface area contributed by atoms with Crippen LogP contribution >= 0.6 is 0 Å². The lowest BCUT2D eigenvalue weighted by Crippen LogP contribution is -2.45. The molecule has 432 valence electrons. The van der Waals surface area contributed by atoms with Crippen LogP contribution < -0.4 is 5.32 Å². The van der Waals surface area contributed by atoms with Crippen molar-refractivity contribution < 1.29 is 24.5 Å². The number of carbonyl (C=O) groups is 2. The van der Waals surface area contributed by atoms with E-state index in [1.54, 1.807) is 6.08 Å². The molecule has 2 unspecified atom stereocenters. The second-order valence-corrected chi connectivity index (χ2v) is 22.8. The fourth-order valence-electron chi connectivity index (χ4n) is 10.4. The minimum atomic E-state index is -0.845. The van der Waals surface area contributed by atoms with Crippen LogP contribution in [-0.2, 0) is 14.3 Å². The Morgan fingerprint density at radius 2 is 0.644 bits per heavy atom. The van der Waals surface area contributed by atoms with Crippen LogP contribution in [0.4, 0.5) is 0 Å². The Kier molecular flexibility index (Phi) is 61.4. The Labute approximate surface area is 456 Å². The quantitative estimate of drug-likeness (QED) is 0.0320. The topological polar surface area (TPSA) is 95.9 Å². The number of hydrogen-bond acceptors (Lipinski definition) is 5. The minimum absolute atomic E-state index is 0.0173. The molecular weight excluding hydrogens is 899 g/mol. The molecule has 0 aromatic rings. The van der Waals surface area contributed by atoms with Crippen molar-refractivity contribution in [2.45, 2.75) is 379 Å². The van der Waals surface area contributed by atoms with Crippen LogP contribution in [-0.4, -0.2) is 47.4 Å². The number of aliphatic hydroxyl groups excluding tert-OH is 2. The summed E-state index contributed by atoms with van der Waals surface area (Å²) in [4.78, 5) is 24.5. The van der Waals surface area contributed by atoms with Crippen LogP contribution in [0.2, 0.25) is 0 Å². The zero-order valence-corrected chi connectivity index (χ0v) is 49.4. The maximum atomic E-state index is 12.5. The second kappa shape index (κ2) is 62.9. The Morgan fingerprint density at radius 3 is 0.973 bits per heavy atom. The van der Waals surface area contributed by atoms with Gasteiger partial charge in [0.1, 0.15) is 0 Å². The van der Waals surface area contributed by atoms with Gasteiger partial charge in [0.2, 0.25) is 5.91 Å². The molecule has 0 aromatic carbocycles. The largest absolute Gasteiger partial charge is 0.466 e. The average Bonchev–Trinajstić information content (AvgIpc) is 3.39. The van der Waals surface area contributed by atoms with Crippen LogP contribution in [0, 0.1) is 0 Å². The number of carbonyl (C=O) groups excluding carboxylic acids is 2. The third kappa shape index (κ3) is 59.4. The molecule has 0 fully saturated rings. The molecule has 2 atom stereocenters. The van der Waals surface area contributed by atoms with E-state index < -0.39 is 12.1 Å². The molecule has 6 heteroatoms. The van der Waals surface area contributed by atoms with Gasteiger partial charge in [-0.25, -0.2) is 0 Å². The van der Waals surface area contributed by atoms with Gasteiger partial charge in [0.05, 0.1) is 25.4 Å². The molecule has 0 aliphatic carbocycles. The Morgan fingerprint density at radius 1 is 0.370 bits per heavy atom. The summed E-state index contributed by atoms with van der Waals surface area (Å²) >= 11 is 0. The maximum absolute atomic E-state index is 12.5. The van der Waals surface area contributed by atoms with Crippen LogP contribution in [0.5, 0.6) is 0 Å². The van der Waals surface area contributed by atoms with Gasteiger partial charge >= 0.3 is 5.97 Å². The van der Waals surface area contributed by atoms with Gasteiger partial charge in [0, 0.05) is 12.8 Å². The average molecular weight is 1030 g/mol. The molecule has 6 nitrogen and oxygen atoms in total. The first kappa shape index (κ1) is 71.3. The van der Waals surface area contributed by atoms with Crippen molar-refractivity contribution >= 4 is 11.9 Å². The Bertz CT molecular complexity index is 1140. The molecule has 0 spiro atoms. The lowest BCUT2D eigenvalue weighted by Gasteiger charge is -2.20. The molecule has 0 radical (unpaired) electrons. The molecule has 0 heterocycles. The summed E-state index contributed by atoms with van der Waals surface area (Å²) in [6.07, 6.45) is 78.1. The van der Waals surface area contributed by atoms with Gasteiger partial charge in [-0.1, -0.05) is 321 Å². The van der Waals surface area contributed by atoms with Crippen molar-refractivity contribution in [1.82, 2.24) is 5.32 Å². The lowest BCUT2D eigenvalue weighted by atomic mass is 10.0. The zero-order valence-electron chi connectivity index (χ0n) is 49.4. The fourth-order valence-corrected chi connectivity index (χ4v) is 10.4. The highest BCUT2D eigenvalue weighted by Gasteiger charge is 2.18. The number of esters is 1. The molecule has 0 bridgehead atoms. The summed E-state index contributed by atoms with van der Waals surface area (Å²) in [5.74, 6) is -0.0505. The SMILES string of the molecule is CCCCCCCCCCCCCCC/C=C/C(O)C(CO)NC(=O)CCCCCCCCCCCC/C=C\CCCCCCCCCCCCCCOC(=O)CCCCCCCCCCCCCCCCC. The van der Waals surface area contributed by atoms with Gasteiger partial charge in [-0.2, -0.15) is 0 Å². The van der Waals surface area contributed by atoms with Gasteiger partial charge in [0.25, 0.3) is 0 Å². The molecule has 0 saturated carbocycles. The van der Waals surface area contributed by atoms with Gasteiger partial charge in [-0.3, -0.25) is 9.59 Å². The highest BCUT2D eigenvalue weighted by atomic mass is 16.5. The van der Waals surface area contributed by atoms with Crippen molar-refractivity contribution in [1.29, 1.82) is 0 Å². The second-order valence-electron chi connectivity index (χ2n) is 22.8. The Hall–Kier alpha value is -1.66. The van der Waals surface area contributed by atoms with Crippen molar-refractivity contribution in [2.24, 2.45) is 0 Å². The van der Waals surface area contributed by atoms with Gasteiger partial charge in [0.15, 0.2) is 0 Å². The van der Waals surface area contributed by atoms with E-state index in [1.165, 1.54) is 302 Å². The summed E-state index contributed by atoms with van der Waals surface area (Å²) in [5, 5.41) is 23.1. The number of nitrogens with one attached hydrogen (secondary N) is 1. The van der Waals surface area contributed by atoms with Crippen LogP contribution in [0.3, 0.4) is 0 Å². The number of allylic oxidation sites excluding steroid dienone is 3. The van der Waals surface area contributed by atoms with Crippen LogP contribution in [0.25, 0.3) is 0 Å². The van der Waals surface area contributed by atoms with Crippen molar-refractivity contribution in [3.63, 3.8) is 0 Å². The van der Waals surface area contributed by atoms with E-state index in [9.17, 15) is 19.8 Å². The molecule has 0 aliphatic heterocycles. The summed E-state index contributed by atoms with van der Waals surface area (Å²) in [6.45, 7) is 4.93. The Balaban J connectivity index is 3.39. The number of ether oxygens (including phenoxy) is 1. The minimum Gasteiger partial charge on any atom is -0.466 e. The molecule has 3 N–H and O–H groups in total. The zero-order chi connectivity index (χ0) is 52.9. The molecule has 0 rings (SSSR count). The monoisotopic (exact) mass is 1030 g/mol. The first-order chi connectivity index (χ1) is 36.0. The third-order valence-electron chi connectivity index (χ3n) is 15.5. The number of aliphatic hydroxyl groups is 2. The summed E-state index contributed by atoms with van der Waals surface area (Å²) in [5.41, 5.74) is 0. The molecule has 0 saturated heterocycles.